The smallest absolute Gasteiger partial charge is 0.261 e. The van der Waals surface area contributed by atoms with Gasteiger partial charge in [0.1, 0.15) is 11.6 Å². The number of guanidine groups is 1. The number of nitrogens with zero attached hydrogens (tertiary/aromatic N) is 6. The molecule has 0 radical (unpaired) electrons. The van der Waals surface area contributed by atoms with E-state index in [2.05, 4.69) is 56.0 Å². The number of fused-ring (bicyclic) bond motifs is 3. The number of hydrogen-bond acceptors (Lipinski definition) is 6. The topological polar surface area (TPSA) is 98.8 Å². The number of nitriles is 1. The van der Waals surface area contributed by atoms with E-state index in [4.69, 9.17) is 9.73 Å². The van der Waals surface area contributed by atoms with E-state index < -0.39 is 0 Å². The van der Waals surface area contributed by atoms with E-state index in [-0.39, 0.29) is 29.5 Å². The Morgan fingerprint density at radius 3 is 2.56 bits per heavy atom. The maximum Gasteiger partial charge on any atom is 0.261 e. The highest BCUT2D eigenvalue weighted by Gasteiger charge is 2.56. The number of aliphatic imine (C=N–C) groups is 1. The molecule has 9 nitrogen and oxygen atoms in total. The van der Waals surface area contributed by atoms with Gasteiger partial charge in [-0.2, -0.15) is 5.26 Å². The van der Waals surface area contributed by atoms with E-state index in [0.29, 0.717) is 71.4 Å². The summed E-state index contributed by atoms with van der Waals surface area (Å²) in [5.74, 6) is 2.77. The van der Waals surface area contributed by atoms with Gasteiger partial charge >= 0.3 is 0 Å². The lowest BCUT2D eigenvalue weighted by atomic mass is 9.45. The summed E-state index contributed by atoms with van der Waals surface area (Å²) in [6.07, 6.45) is 6.63. The minimum Gasteiger partial charge on any atom is -0.497 e. The van der Waals surface area contributed by atoms with Crippen molar-refractivity contribution in [2.75, 3.05) is 25.5 Å². The number of ether oxygens (including phenoxy) is 1. The molecule has 6 atom stereocenters. The number of nitrogens with one attached hydrogen (secondary N) is 1. The highest BCUT2D eigenvalue weighted by Crippen LogP contribution is 2.61. The first kappa shape index (κ1) is 30.9. The van der Waals surface area contributed by atoms with Gasteiger partial charge in [0.25, 0.3) is 5.56 Å². The molecule has 2 aromatic carbocycles. The molecule has 7 rings (SSSR count). The Balaban J connectivity index is 1.25. The molecule has 4 aliphatic rings. The van der Waals surface area contributed by atoms with Crippen LogP contribution in [0.25, 0.3) is 10.9 Å². The predicted molar refractivity (Wildman–Crippen MR) is 175 cm³/mol. The minimum absolute atomic E-state index is 0.0602. The van der Waals surface area contributed by atoms with Gasteiger partial charge in [0.05, 0.1) is 42.5 Å². The van der Waals surface area contributed by atoms with E-state index >= 15 is 0 Å². The number of rotatable bonds is 6. The average Bonchev–Trinajstić information content (AvgIpc) is 3.01. The molecule has 2 heterocycles. The maximum atomic E-state index is 14.5. The molecular formula is C35H44FN7O2. The number of halogens is 1. The zero-order chi connectivity index (χ0) is 32.0. The van der Waals surface area contributed by atoms with Gasteiger partial charge in [-0.05, 0) is 86.1 Å². The third kappa shape index (κ3) is 5.73. The second-order valence-corrected chi connectivity index (χ2v) is 13.9. The fraction of sp³-hybridized carbons (Fsp3) is 0.543. The number of aromatic nitrogens is 2. The van der Waals surface area contributed by atoms with Crippen LogP contribution < -0.4 is 15.6 Å². The Labute approximate surface area is 264 Å². The summed E-state index contributed by atoms with van der Waals surface area (Å²) in [6, 6.07) is 10.7. The molecule has 3 aromatic rings. The monoisotopic (exact) mass is 613 g/mol. The Morgan fingerprint density at radius 1 is 1.16 bits per heavy atom. The zero-order valence-corrected chi connectivity index (χ0v) is 27.1. The lowest BCUT2D eigenvalue weighted by molar-refractivity contribution is -0.108. The van der Waals surface area contributed by atoms with Gasteiger partial charge in [-0.3, -0.25) is 9.36 Å². The SMILES string of the molecule is COc1ccc(CCn2cnc3cc(NC(=N[C@H]4C[C@@H]5C[C@H]([C@@H]4C)C5(C)C)N4C[C@@H](C)N(C#N)[C@@H](C)C4)ccc3c2=O)c(F)c1. The van der Waals surface area contributed by atoms with Crippen molar-refractivity contribution >= 4 is 22.5 Å². The highest BCUT2D eigenvalue weighted by atomic mass is 19.1. The van der Waals surface area contributed by atoms with Crippen molar-refractivity contribution < 1.29 is 9.13 Å². The lowest BCUT2D eigenvalue weighted by Gasteiger charge is -2.61. The molecule has 4 fully saturated rings. The molecule has 45 heavy (non-hydrogen) atoms. The van der Waals surface area contributed by atoms with Crippen LogP contribution in [-0.2, 0) is 13.0 Å². The molecule has 1 saturated heterocycles. The number of aryl methyl sites for hydroxylation is 2. The first-order valence-electron chi connectivity index (χ1n) is 16.1. The number of benzene rings is 2. The molecule has 3 aliphatic carbocycles. The van der Waals surface area contributed by atoms with E-state index in [0.717, 1.165) is 18.1 Å². The summed E-state index contributed by atoms with van der Waals surface area (Å²) in [5, 5.41) is 13.8. The summed E-state index contributed by atoms with van der Waals surface area (Å²) in [7, 11) is 1.50. The summed E-state index contributed by atoms with van der Waals surface area (Å²) in [5.41, 5.74) is 2.12. The Bertz CT molecular complexity index is 1700. The van der Waals surface area contributed by atoms with Crippen LogP contribution in [0.3, 0.4) is 0 Å². The number of methoxy groups -OCH3 is 1. The first-order valence-corrected chi connectivity index (χ1v) is 16.1. The second-order valence-electron chi connectivity index (χ2n) is 13.9. The molecule has 1 aromatic heterocycles. The van der Waals surface area contributed by atoms with Crippen molar-refractivity contribution in [1.82, 2.24) is 19.4 Å². The van der Waals surface area contributed by atoms with Crippen molar-refractivity contribution in [3.63, 3.8) is 0 Å². The van der Waals surface area contributed by atoms with Crippen molar-refractivity contribution in [2.24, 2.45) is 28.2 Å². The first-order chi connectivity index (χ1) is 21.5. The zero-order valence-electron chi connectivity index (χ0n) is 27.1. The van der Waals surface area contributed by atoms with Crippen molar-refractivity contribution in [3.05, 3.63) is 64.5 Å². The Morgan fingerprint density at radius 2 is 1.91 bits per heavy atom. The van der Waals surface area contributed by atoms with Gasteiger partial charge < -0.3 is 19.9 Å². The predicted octanol–water partition coefficient (Wildman–Crippen LogP) is 5.50. The number of hydrogen-bond donors (Lipinski definition) is 1. The van der Waals surface area contributed by atoms with Crippen LogP contribution in [0, 0.1) is 40.4 Å². The molecular weight excluding hydrogens is 569 g/mol. The number of anilines is 1. The second kappa shape index (κ2) is 12.0. The van der Waals surface area contributed by atoms with Crippen LogP contribution in [0.2, 0.25) is 0 Å². The lowest BCUT2D eigenvalue weighted by Crippen LogP contribution is -2.59. The third-order valence-corrected chi connectivity index (χ3v) is 10.9. The molecule has 0 amide bonds. The van der Waals surface area contributed by atoms with E-state index in [1.54, 1.807) is 18.2 Å². The fourth-order valence-electron chi connectivity index (χ4n) is 7.96. The van der Waals surface area contributed by atoms with Crippen LogP contribution in [0.4, 0.5) is 10.1 Å². The van der Waals surface area contributed by atoms with Crippen molar-refractivity contribution in [1.29, 1.82) is 5.26 Å². The maximum absolute atomic E-state index is 14.5. The molecule has 0 spiro atoms. The Kier molecular flexibility index (Phi) is 8.23. The highest BCUT2D eigenvalue weighted by molar-refractivity contribution is 5.96. The molecule has 2 bridgehead atoms. The summed E-state index contributed by atoms with van der Waals surface area (Å²) >= 11 is 0. The van der Waals surface area contributed by atoms with Crippen LogP contribution in [0.1, 0.15) is 53.0 Å². The van der Waals surface area contributed by atoms with Gasteiger partial charge in [-0.15, -0.1) is 0 Å². The van der Waals surface area contributed by atoms with E-state index in [1.807, 2.05) is 17.0 Å². The molecule has 1 aliphatic heterocycles. The van der Waals surface area contributed by atoms with Crippen LogP contribution >= 0.6 is 0 Å². The average molecular weight is 614 g/mol. The van der Waals surface area contributed by atoms with Gasteiger partial charge in [-0.1, -0.05) is 26.8 Å². The van der Waals surface area contributed by atoms with Crippen LogP contribution in [0.15, 0.2) is 52.5 Å². The van der Waals surface area contributed by atoms with Gasteiger partial charge in [0.15, 0.2) is 12.2 Å². The van der Waals surface area contributed by atoms with Gasteiger partial charge in [0, 0.05) is 31.4 Å². The summed E-state index contributed by atoms with van der Waals surface area (Å²) < 4.78 is 21.1. The number of piperazine rings is 1. The standard InChI is InChI=1S/C35H44FN7O2/c1-21-17-42(18-22(2)43(21)19-37)34(40-31-14-25-13-29(23(31)3)35(25,4)5)39-26-8-10-28-32(15-26)38-20-41(33(28)44)12-11-24-7-9-27(45-6)16-30(24)36/h7-10,15-16,20-23,25,29,31H,11-14,17-18H2,1-6H3,(H,39,40)/t21-,22+,23-,25-,29+,31-/m0/s1. The van der Waals surface area contributed by atoms with Crippen molar-refractivity contribution in [2.45, 2.75) is 78.6 Å². The largest absolute Gasteiger partial charge is 0.497 e. The quantitative estimate of drug-likeness (QED) is 0.223. The molecule has 10 heteroatoms. The van der Waals surface area contributed by atoms with Gasteiger partial charge in [-0.25, -0.2) is 14.4 Å². The third-order valence-electron chi connectivity index (χ3n) is 10.9. The van der Waals surface area contributed by atoms with E-state index in [9.17, 15) is 14.4 Å². The molecule has 1 N–H and O–H groups in total. The molecule has 0 unspecified atom stereocenters. The van der Waals surface area contributed by atoms with Crippen molar-refractivity contribution in [3.8, 4) is 11.9 Å². The molecule has 3 saturated carbocycles. The fourth-order valence-corrected chi connectivity index (χ4v) is 7.96. The van der Waals surface area contributed by atoms with Crippen LogP contribution in [-0.4, -0.2) is 63.6 Å². The normalized spacial score (nSPS) is 27.6. The summed E-state index contributed by atoms with van der Waals surface area (Å²) in [4.78, 5) is 27.5. The van der Waals surface area contributed by atoms with Gasteiger partial charge in [0.2, 0.25) is 0 Å². The van der Waals surface area contributed by atoms with E-state index in [1.165, 1.54) is 30.5 Å². The minimum atomic E-state index is -0.356. The van der Waals surface area contributed by atoms with Crippen LogP contribution in [0.5, 0.6) is 5.75 Å². The summed E-state index contributed by atoms with van der Waals surface area (Å²) in [6.45, 7) is 13.0. The molecule has 238 valence electrons. The Hall–Kier alpha value is -4.13.